The van der Waals surface area contributed by atoms with E-state index in [-0.39, 0.29) is 12.4 Å². The SMILES string of the molecule is CCOC(=O)Cc1ccc(-n2cccc2)nc1. The molecule has 0 amide bonds. The molecule has 2 aromatic rings. The summed E-state index contributed by atoms with van der Waals surface area (Å²) >= 11 is 0. The topological polar surface area (TPSA) is 44.1 Å². The molecule has 0 bridgehead atoms. The minimum absolute atomic E-state index is 0.219. The van der Waals surface area contributed by atoms with Crippen molar-refractivity contribution in [2.45, 2.75) is 13.3 Å². The number of carbonyl (C=O) groups excluding carboxylic acids is 1. The molecular formula is C13H14N2O2. The van der Waals surface area contributed by atoms with E-state index in [0.717, 1.165) is 11.4 Å². The highest BCUT2D eigenvalue weighted by molar-refractivity contribution is 5.72. The van der Waals surface area contributed by atoms with Gasteiger partial charge in [-0.3, -0.25) is 4.79 Å². The second-order valence-electron chi connectivity index (χ2n) is 3.60. The maximum Gasteiger partial charge on any atom is 0.310 e. The van der Waals surface area contributed by atoms with Crippen molar-refractivity contribution in [3.05, 3.63) is 48.4 Å². The van der Waals surface area contributed by atoms with Crippen molar-refractivity contribution in [2.24, 2.45) is 0 Å². The standard InChI is InChI=1S/C13H14N2O2/c1-2-17-13(16)9-11-5-6-12(14-10-11)15-7-3-4-8-15/h3-8,10H,2,9H2,1H3. The van der Waals surface area contributed by atoms with Gasteiger partial charge in [0.2, 0.25) is 0 Å². The first-order valence-corrected chi connectivity index (χ1v) is 5.53. The molecule has 0 radical (unpaired) electrons. The number of esters is 1. The predicted octanol–water partition coefficient (Wildman–Crippen LogP) is 1.98. The molecule has 0 unspecified atom stereocenters. The Bertz CT molecular complexity index is 475. The van der Waals surface area contributed by atoms with Crippen LogP contribution in [0.1, 0.15) is 12.5 Å². The summed E-state index contributed by atoms with van der Waals surface area (Å²) in [5.74, 6) is 0.616. The second-order valence-corrected chi connectivity index (χ2v) is 3.60. The van der Waals surface area contributed by atoms with E-state index in [1.807, 2.05) is 41.2 Å². The van der Waals surface area contributed by atoms with Crippen molar-refractivity contribution >= 4 is 5.97 Å². The summed E-state index contributed by atoms with van der Waals surface area (Å²) in [5.41, 5.74) is 0.861. The zero-order valence-electron chi connectivity index (χ0n) is 9.67. The monoisotopic (exact) mass is 230 g/mol. The zero-order valence-corrected chi connectivity index (χ0v) is 9.67. The Balaban J connectivity index is 2.06. The Morgan fingerprint density at radius 3 is 2.71 bits per heavy atom. The smallest absolute Gasteiger partial charge is 0.310 e. The van der Waals surface area contributed by atoms with E-state index in [4.69, 9.17) is 4.74 Å². The molecule has 17 heavy (non-hydrogen) atoms. The normalized spacial score (nSPS) is 10.2. The van der Waals surface area contributed by atoms with E-state index >= 15 is 0 Å². The van der Waals surface area contributed by atoms with Crippen LogP contribution < -0.4 is 0 Å². The van der Waals surface area contributed by atoms with E-state index in [1.54, 1.807) is 13.1 Å². The number of rotatable bonds is 4. The molecule has 0 saturated carbocycles. The minimum atomic E-state index is -0.219. The lowest BCUT2D eigenvalue weighted by Gasteiger charge is -2.04. The van der Waals surface area contributed by atoms with E-state index in [9.17, 15) is 4.79 Å². The molecule has 2 heterocycles. The summed E-state index contributed by atoms with van der Waals surface area (Å²) in [6, 6.07) is 7.65. The second kappa shape index (κ2) is 5.30. The third-order valence-corrected chi connectivity index (χ3v) is 2.33. The van der Waals surface area contributed by atoms with Crippen molar-refractivity contribution < 1.29 is 9.53 Å². The maximum absolute atomic E-state index is 11.3. The van der Waals surface area contributed by atoms with Gasteiger partial charge in [0.25, 0.3) is 0 Å². The molecule has 0 saturated heterocycles. The summed E-state index contributed by atoms with van der Waals surface area (Å²) in [6.07, 6.45) is 5.82. The highest BCUT2D eigenvalue weighted by Crippen LogP contribution is 2.07. The Kier molecular flexibility index (Phi) is 3.55. The van der Waals surface area contributed by atoms with Crippen molar-refractivity contribution in [3.63, 3.8) is 0 Å². The van der Waals surface area contributed by atoms with Crippen LogP contribution in [0.15, 0.2) is 42.9 Å². The summed E-state index contributed by atoms with van der Waals surface area (Å²) in [4.78, 5) is 15.6. The van der Waals surface area contributed by atoms with Gasteiger partial charge in [-0.25, -0.2) is 4.98 Å². The lowest BCUT2D eigenvalue weighted by Crippen LogP contribution is -2.08. The van der Waals surface area contributed by atoms with Crippen molar-refractivity contribution in [3.8, 4) is 5.82 Å². The molecular weight excluding hydrogens is 216 g/mol. The summed E-state index contributed by atoms with van der Waals surface area (Å²) < 4.78 is 6.79. The van der Waals surface area contributed by atoms with Crippen molar-refractivity contribution in [1.29, 1.82) is 0 Å². The van der Waals surface area contributed by atoms with Gasteiger partial charge in [0.1, 0.15) is 5.82 Å². The number of nitrogens with zero attached hydrogens (tertiary/aromatic N) is 2. The molecule has 0 aliphatic rings. The van der Waals surface area contributed by atoms with Gasteiger partial charge in [-0.1, -0.05) is 6.07 Å². The van der Waals surface area contributed by atoms with Gasteiger partial charge in [0.05, 0.1) is 13.0 Å². The molecule has 4 heteroatoms. The Morgan fingerprint density at radius 2 is 2.12 bits per heavy atom. The molecule has 0 spiro atoms. The van der Waals surface area contributed by atoms with E-state index < -0.39 is 0 Å². The molecule has 0 N–H and O–H groups in total. The molecule has 88 valence electrons. The third kappa shape index (κ3) is 2.93. The average Bonchev–Trinajstić information content (AvgIpc) is 2.84. The molecule has 2 rings (SSSR count). The van der Waals surface area contributed by atoms with Crippen LogP contribution in [0.5, 0.6) is 0 Å². The predicted molar refractivity (Wildman–Crippen MR) is 63.9 cm³/mol. The summed E-state index contributed by atoms with van der Waals surface area (Å²) in [7, 11) is 0. The quantitative estimate of drug-likeness (QED) is 0.754. The number of ether oxygens (including phenoxy) is 1. The van der Waals surface area contributed by atoms with E-state index in [2.05, 4.69) is 4.98 Å². The molecule has 0 atom stereocenters. The van der Waals surface area contributed by atoms with Gasteiger partial charge in [-0.05, 0) is 30.7 Å². The van der Waals surface area contributed by atoms with Gasteiger partial charge in [0.15, 0.2) is 0 Å². The van der Waals surface area contributed by atoms with Gasteiger partial charge in [-0.15, -0.1) is 0 Å². The maximum atomic E-state index is 11.3. The first-order valence-electron chi connectivity index (χ1n) is 5.53. The van der Waals surface area contributed by atoms with Crippen molar-refractivity contribution in [1.82, 2.24) is 9.55 Å². The van der Waals surface area contributed by atoms with Crippen LogP contribution in [-0.2, 0) is 16.0 Å². The van der Waals surface area contributed by atoms with Crippen LogP contribution in [0.2, 0.25) is 0 Å². The fourth-order valence-corrected chi connectivity index (χ4v) is 1.54. The fourth-order valence-electron chi connectivity index (χ4n) is 1.54. The van der Waals surface area contributed by atoms with Crippen molar-refractivity contribution in [2.75, 3.05) is 6.61 Å². The fraction of sp³-hybridized carbons (Fsp3) is 0.231. The minimum Gasteiger partial charge on any atom is -0.466 e. The number of aromatic nitrogens is 2. The van der Waals surface area contributed by atoms with Crippen LogP contribution in [0.3, 0.4) is 0 Å². The van der Waals surface area contributed by atoms with E-state index in [1.165, 1.54) is 0 Å². The summed E-state index contributed by atoms with van der Waals surface area (Å²) in [5, 5.41) is 0. The molecule has 0 fully saturated rings. The lowest BCUT2D eigenvalue weighted by atomic mass is 10.2. The van der Waals surface area contributed by atoms with Gasteiger partial charge >= 0.3 is 5.97 Å². The zero-order chi connectivity index (χ0) is 12.1. The van der Waals surface area contributed by atoms with E-state index in [0.29, 0.717) is 6.61 Å². The number of pyridine rings is 1. The Labute approximate surface area is 99.9 Å². The first-order chi connectivity index (χ1) is 8.29. The lowest BCUT2D eigenvalue weighted by molar-refractivity contribution is -0.142. The van der Waals surface area contributed by atoms with Crippen LogP contribution in [-0.4, -0.2) is 22.1 Å². The first kappa shape index (κ1) is 11.4. The molecule has 2 aromatic heterocycles. The molecule has 4 nitrogen and oxygen atoms in total. The number of carbonyl (C=O) groups is 1. The summed E-state index contributed by atoms with van der Waals surface area (Å²) in [6.45, 7) is 2.21. The van der Waals surface area contributed by atoms with Crippen LogP contribution in [0, 0.1) is 0 Å². The average molecular weight is 230 g/mol. The molecule has 0 aliphatic heterocycles. The largest absolute Gasteiger partial charge is 0.466 e. The third-order valence-electron chi connectivity index (χ3n) is 2.33. The molecule has 0 aromatic carbocycles. The van der Waals surface area contributed by atoms with Crippen LogP contribution in [0.25, 0.3) is 5.82 Å². The highest BCUT2D eigenvalue weighted by atomic mass is 16.5. The van der Waals surface area contributed by atoms with Crippen LogP contribution >= 0.6 is 0 Å². The van der Waals surface area contributed by atoms with Gasteiger partial charge in [-0.2, -0.15) is 0 Å². The van der Waals surface area contributed by atoms with Gasteiger partial charge in [0, 0.05) is 18.6 Å². The Hall–Kier alpha value is -2.10. The number of hydrogen-bond donors (Lipinski definition) is 0. The highest BCUT2D eigenvalue weighted by Gasteiger charge is 2.04. The number of hydrogen-bond acceptors (Lipinski definition) is 3. The van der Waals surface area contributed by atoms with Crippen LogP contribution in [0.4, 0.5) is 0 Å². The van der Waals surface area contributed by atoms with Gasteiger partial charge < -0.3 is 9.30 Å². The molecule has 0 aliphatic carbocycles. The Morgan fingerprint density at radius 1 is 1.35 bits per heavy atom.